The summed E-state index contributed by atoms with van der Waals surface area (Å²) in [6.45, 7) is 3.10. The van der Waals surface area contributed by atoms with Crippen molar-refractivity contribution >= 4 is 11.6 Å². The minimum absolute atomic E-state index is 0.108. The van der Waals surface area contributed by atoms with E-state index in [1.165, 1.54) is 6.07 Å². The van der Waals surface area contributed by atoms with Crippen LogP contribution in [0.15, 0.2) is 79.1 Å². The van der Waals surface area contributed by atoms with Crippen molar-refractivity contribution in [2.24, 2.45) is 0 Å². The molecule has 0 radical (unpaired) electrons. The Labute approximate surface area is 193 Å². The molecule has 0 spiro atoms. The van der Waals surface area contributed by atoms with Crippen molar-refractivity contribution in [2.75, 3.05) is 6.54 Å². The summed E-state index contributed by atoms with van der Waals surface area (Å²) in [5.74, 6) is -0.294. The summed E-state index contributed by atoms with van der Waals surface area (Å²) in [5, 5.41) is 2.95. The summed E-state index contributed by atoms with van der Waals surface area (Å²) >= 11 is 0. The first-order valence-corrected chi connectivity index (χ1v) is 11.3. The Bertz CT molecular complexity index is 1210. The summed E-state index contributed by atoms with van der Waals surface area (Å²) in [4.78, 5) is 17.3. The van der Waals surface area contributed by atoms with Crippen LogP contribution in [0.25, 0.3) is 5.65 Å². The van der Waals surface area contributed by atoms with Gasteiger partial charge < -0.3 is 14.5 Å². The van der Waals surface area contributed by atoms with Gasteiger partial charge in [0.2, 0.25) is 5.91 Å². The van der Waals surface area contributed by atoms with Crippen LogP contribution in [0.5, 0.6) is 5.75 Å². The number of rotatable bonds is 10. The third-order valence-electron chi connectivity index (χ3n) is 5.65. The van der Waals surface area contributed by atoms with Crippen molar-refractivity contribution in [3.8, 4) is 5.75 Å². The van der Waals surface area contributed by atoms with E-state index in [0.29, 0.717) is 30.1 Å². The van der Waals surface area contributed by atoms with Crippen LogP contribution in [0.2, 0.25) is 0 Å². The van der Waals surface area contributed by atoms with Gasteiger partial charge in [-0.2, -0.15) is 0 Å². The predicted octanol–water partition coefficient (Wildman–Crippen LogP) is 5.49. The number of fused-ring (bicyclic) bond motifs is 1. The van der Waals surface area contributed by atoms with Crippen LogP contribution in [0.4, 0.5) is 4.39 Å². The summed E-state index contributed by atoms with van der Waals surface area (Å²) in [6.07, 6.45) is 5.62. The van der Waals surface area contributed by atoms with Gasteiger partial charge in [0, 0.05) is 31.3 Å². The monoisotopic (exact) mass is 445 g/mol. The Hall–Kier alpha value is -3.67. The molecule has 1 amide bonds. The molecular weight excluding hydrogens is 417 g/mol. The summed E-state index contributed by atoms with van der Waals surface area (Å²) in [6, 6.07) is 20.2. The smallest absolute Gasteiger partial charge is 0.221 e. The molecule has 1 unspecified atom stereocenters. The van der Waals surface area contributed by atoms with Crippen LogP contribution in [-0.4, -0.2) is 21.8 Å². The third kappa shape index (κ3) is 5.40. The minimum Gasteiger partial charge on any atom is -0.485 e. The molecule has 4 rings (SSSR count). The lowest BCUT2D eigenvalue weighted by molar-refractivity contribution is -0.121. The molecule has 0 saturated carbocycles. The molecule has 0 saturated heterocycles. The van der Waals surface area contributed by atoms with Crippen LogP contribution in [-0.2, 0) is 11.4 Å². The Balaban J connectivity index is 1.65. The lowest BCUT2D eigenvalue weighted by Crippen LogP contribution is -2.26. The molecule has 0 aliphatic carbocycles. The number of halogens is 1. The zero-order valence-electron chi connectivity index (χ0n) is 18.7. The van der Waals surface area contributed by atoms with Gasteiger partial charge in [0.25, 0.3) is 0 Å². The maximum atomic E-state index is 14.8. The molecule has 1 atom stereocenters. The highest BCUT2D eigenvalue weighted by Crippen LogP contribution is 2.32. The van der Waals surface area contributed by atoms with E-state index in [-0.39, 0.29) is 18.1 Å². The van der Waals surface area contributed by atoms with Gasteiger partial charge in [-0.05, 0) is 35.7 Å². The van der Waals surface area contributed by atoms with E-state index < -0.39 is 5.92 Å². The Kier molecular flexibility index (Phi) is 7.35. The van der Waals surface area contributed by atoms with Gasteiger partial charge in [0.05, 0.1) is 5.69 Å². The molecule has 33 heavy (non-hydrogen) atoms. The number of pyridine rings is 1. The second-order valence-corrected chi connectivity index (χ2v) is 8.01. The molecular formula is C27H28FN3O2. The largest absolute Gasteiger partial charge is 0.485 e. The Morgan fingerprint density at radius 1 is 1.09 bits per heavy atom. The van der Waals surface area contributed by atoms with E-state index in [9.17, 15) is 9.18 Å². The molecule has 0 fully saturated rings. The average molecular weight is 446 g/mol. The van der Waals surface area contributed by atoms with Crippen molar-refractivity contribution in [3.05, 3.63) is 102 Å². The number of hydrogen-bond donors (Lipinski definition) is 1. The third-order valence-corrected chi connectivity index (χ3v) is 5.65. The lowest BCUT2D eigenvalue weighted by atomic mass is 9.92. The normalized spacial score (nSPS) is 11.9. The van der Waals surface area contributed by atoms with Crippen molar-refractivity contribution in [1.82, 2.24) is 14.7 Å². The van der Waals surface area contributed by atoms with Gasteiger partial charge in [-0.3, -0.25) is 4.79 Å². The summed E-state index contributed by atoms with van der Waals surface area (Å²) in [7, 11) is 0. The number of unbranched alkanes of at least 4 members (excludes halogenated alkanes) is 1. The molecule has 6 heteroatoms. The molecule has 2 heterocycles. The Morgan fingerprint density at radius 3 is 2.67 bits per heavy atom. The standard InChI is InChI=1S/C27H28FN3O2/c1-2-3-15-29-26(32)17-22(21-12-7-8-13-23(21)28)24-18-30-27-25(14-9-16-31(24)27)33-19-20-10-5-4-6-11-20/h4-14,16,18,22H,2-3,15,17,19H2,1H3,(H,29,32). The van der Waals surface area contributed by atoms with Gasteiger partial charge in [-0.15, -0.1) is 0 Å². The maximum Gasteiger partial charge on any atom is 0.221 e. The van der Waals surface area contributed by atoms with Gasteiger partial charge in [0.15, 0.2) is 11.4 Å². The summed E-state index contributed by atoms with van der Waals surface area (Å²) in [5.41, 5.74) is 2.90. The second-order valence-electron chi connectivity index (χ2n) is 8.01. The minimum atomic E-state index is -0.479. The van der Waals surface area contributed by atoms with Crippen LogP contribution in [0.3, 0.4) is 0 Å². The molecule has 0 aliphatic heterocycles. The SMILES string of the molecule is CCCCNC(=O)CC(c1ccccc1F)c1cnc2c(OCc3ccccc3)cccn12. The first kappa shape index (κ1) is 22.5. The van der Waals surface area contributed by atoms with Crippen LogP contribution in [0.1, 0.15) is 48.9 Å². The highest BCUT2D eigenvalue weighted by Gasteiger charge is 2.25. The fraction of sp³-hybridized carbons (Fsp3) is 0.259. The average Bonchev–Trinajstić information content (AvgIpc) is 3.27. The highest BCUT2D eigenvalue weighted by atomic mass is 19.1. The van der Waals surface area contributed by atoms with E-state index >= 15 is 0 Å². The zero-order chi connectivity index (χ0) is 23.0. The maximum absolute atomic E-state index is 14.8. The van der Waals surface area contributed by atoms with E-state index in [1.807, 2.05) is 53.1 Å². The molecule has 170 valence electrons. The van der Waals surface area contributed by atoms with Crippen LogP contribution >= 0.6 is 0 Å². The number of aromatic nitrogens is 2. The van der Waals surface area contributed by atoms with E-state index in [4.69, 9.17) is 4.74 Å². The number of carbonyl (C=O) groups excluding carboxylic acids is 1. The highest BCUT2D eigenvalue weighted by molar-refractivity contribution is 5.77. The predicted molar refractivity (Wildman–Crippen MR) is 127 cm³/mol. The fourth-order valence-electron chi connectivity index (χ4n) is 3.90. The van der Waals surface area contributed by atoms with Crippen LogP contribution in [0, 0.1) is 5.82 Å². The number of nitrogens with zero attached hydrogens (tertiary/aromatic N) is 2. The van der Waals surface area contributed by atoms with Crippen LogP contribution < -0.4 is 10.1 Å². The quantitative estimate of drug-likeness (QED) is 0.328. The molecule has 5 nitrogen and oxygen atoms in total. The number of imidazole rings is 1. The van der Waals surface area contributed by atoms with Crippen molar-refractivity contribution in [2.45, 2.75) is 38.7 Å². The second kappa shape index (κ2) is 10.8. The van der Waals surface area contributed by atoms with Crippen molar-refractivity contribution in [1.29, 1.82) is 0 Å². The van der Waals surface area contributed by atoms with Gasteiger partial charge in [-0.25, -0.2) is 9.37 Å². The number of carbonyl (C=O) groups is 1. The number of benzene rings is 2. The molecule has 2 aromatic heterocycles. The first-order valence-electron chi connectivity index (χ1n) is 11.3. The fourth-order valence-corrected chi connectivity index (χ4v) is 3.90. The van der Waals surface area contributed by atoms with Gasteiger partial charge in [-0.1, -0.05) is 61.9 Å². The topological polar surface area (TPSA) is 55.6 Å². The van der Waals surface area contributed by atoms with E-state index in [0.717, 1.165) is 24.1 Å². The van der Waals surface area contributed by atoms with Crippen molar-refractivity contribution in [3.63, 3.8) is 0 Å². The molecule has 1 N–H and O–H groups in total. The van der Waals surface area contributed by atoms with Crippen molar-refractivity contribution < 1.29 is 13.9 Å². The summed E-state index contributed by atoms with van der Waals surface area (Å²) < 4.78 is 22.7. The molecule has 0 aliphatic rings. The molecule has 0 bridgehead atoms. The van der Waals surface area contributed by atoms with Gasteiger partial charge >= 0.3 is 0 Å². The molecule has 4 aromatic rings. The van der Waals surface area contributed by atoms with E-state index in [1.54, 1.807) is 24.4 Å². The molecule has 2 aromatic carbocycles. The lowest BCUT2D eigenvalue weighted by Gasteiger charge is -2.18. The van der Waals surface area contributed by atoms with E-state index in [2.05, 4.69) is 17.2 Å². The first-order chi connectivity index (χ1) is 16.2. The van der Waals surface area contributed by atoms with Gasteiger partial charge in [0.1, 0.15) is 12.4 Å². The number of amides is 1. The number of ether oxygens (including phenoxy) is 1. The Morgan fingerprint density at radius 2 is 1.88 bits per heavy atom. The zero-order valence-corrected chi connectivity index (χ0v) is 18.7. The number of nitrogens with one attached hydrogen (secondary N) is 1. The number of hydrogen-bond acceptors (Lipinski definition) is 3.